The first-order valence-electron chi connectivity index (χ1n) is 6.22. The van der Waals surface area contributed by atoms with Crippen molar-refractivity contribution in [1.29, 1.82) is 0 Å². The number of halogens is 2. The molecule has 1 heterocycles. The summed E-state index contributed by atoms with van der Waals surface area (Å²) < 4.78 is 2.15. The van der Waals surface area contributed by atoms with Crippen LogP contribution in [0.5, 0.6) is 0 Å². The van der Waals surface area contributed by atoms with Crippen molar-refractivity contribution in [3.63, 3.8) is 0 Å². The van der Waals surface area contributed by atoms with Gasteiger partial charge in [0.25, 0.3) is 0 Å². The Balaban J connectivity index is 2.22. The summed E-state index contributed by atoms with van der Waals surface area (Å²) in [5.74, 6) is 0. The average Bonchev–Trinajstić information content (AvgIpc) is 2.36. The van der Waals surface area contributed by atoms with Crippen LogP contribution < -0.4 is 5.32 Å². The molecule has 5 heteroatoms. The van der Waals surface area contributed by atoms with Gasteiger partial charge in [-0.1, -0.05) is 31.9 Å². The summed E-state index contributed by atoms with van der Waals surface area (Å²) in [6, 6.07) is 6.63. The maximum atomic E-state index is 9.30. The molecule has 1 aliphatic heterocycles. The number of benzene rings is 1. The zero-order chi connectivity index (χ0) is 13.0. The fraction of sp³-hybridized carbons (Fsp3) is 0.538. The second-order valence-corrected chi connectivity index (χ2v) is 6.35. The van der Waals surface area contributed by atoms with E-state index in [0.717, 1.165) is 41.5 Å². The SMILES string of the molecule is OCC[C@H](c1cc(Br)cc(Br)c1)N1CCNCC1. The molecule has 0 bridgehead atoms. The Labute approximate surface area is 125 Å². The van der Waals surface area contributed by atoms with Gasteiger partial charge in [0.1, 0.15) is 0 Å². The second kappa shape index (κ2) is 7.01. The Morgan fingerprint density at radius 1 is 1.17 bits per heavy atom. The molecule has 0 radical (unpaired) electrons. The smallest absolute Gasteiger partial charge is 0.0449 e. The van der Waals surface area contributed by atoms with Gasteiger partial charge in [-0.3, -0.25) is 4.90 Å². The van der Waals surface area contributed by atoms with Gasteiger partial charge in [0.2, 0.25) is 0 Å². The molecular weight excluding hydrogens is 360 g/mol. The minimum absolute atomic E-state index is 0.221. The Morgan fingerprint density at radius 2 is 1.78 bits per heavy atom. The van der Waals surface area contributed by atoms with Crippen molar-refractivity contribution in [1.82, 2.24) is 10.2 Å². The number of aliphatic hydroxyl groups is 1. The normalized spacial score (nSPS) is 18.8. The van der Waals surface area contributed by atoms with Crippen LogP contribution in [0.1, 0.15) is 18.0 Å². The van der Waals surface area contributed by atoms with Crippen LogP contribution in [0.4, 0.5) is 0 Å². The van der Waals surface area contributed by atoms with Crippen molar-refractivity contribution in [3.05, 3.63) is 32.7 Å². The lowest BCUT2D eigenvalue weighted by atomic mass is 10.0. The highest BCUT2D eigenvalue weighted by molar-refractivity contribution is 9.11. The molecule has 1 saturated heterocycles. The monoisotopic (exact) mass is 376 g/mol. The standard InChI is InChI=1S/C13H18Br2N2O/c14-11-7-10(8-12(15)9-11)13(1-6-18)17-4-2-16-3-5-17/h7-9,13,16,18H,1-6H2/t13-/m1/s1. The molecule has 0 amide bonds. The van der Waals surface area contributed by atoms with Gasteiger partial charge in [-0.15, -0.1) is 0 Å². The van der Waals surface area contributed by atoms with E-state index in [9.17, 15) is 5.11 Å². The van der Waals surface area contributed by atoms with Crippen LogP contribution in [0, 0.1) is 0 Å². The largest absolute Gasteiger partial charge is 0.396 e. The van der Waals surface area contributed by atoms with E-state index in [1.807, 2.05) is 6.07 Å². The van der Waals surface area contributed by atoms with E-state index >= 15 is 0 Å². The predicted octanol–water partition coefficient (Wildman–Crippen LogP) is 2.54. The molecule has 0 unspecified atom stereocenters. The van der Waals surface area contributed by atoms with Crippen LogP contribution >= 0.6 is 31.9 Å². The van der Waals surface area contributed by atoms with E-state index in [0.29, 0.717) is 6.04 Å². The number of rotatable bonds is 4. The highest BCUT2D eigenvalue weighted by Gasteiger charge is 2.22. The fourth-order valence-electron chi connectivity index (χ4n) is 2.44. The van der Waals surface area contributed by atoms with Gasteiger partial charge in [-0.25, -0.2) is 0 Å². The molecule has 3 nitrogen and oxygen atoms in total. The fourth-order valence-corrected chi connectivity index (χ4v) is 3.77. The Kier molecular flexibility index (Phi) is 5.63. The Hall–Kier alpha value is 0.0600. The maximum Gasteiger partial charge on any atom is 0.0449 e. The third-order valence-electron chi connectivity index (χ3n) is 3.26. The van der Waals surface area contributed by atoms with Gasteiger partial charge in [-0.2, -0.15) is 0 Å². The first-order valence-corrected chi connectivity index (χ1v) is 7.81. The maximum absolute atomic E-state index is 9.30. The van der Waals surface area contributed by atoms with Gasteiger partial charge < -0.3 is 10.4 Å². The van der Waals surface area contributed by atoms with E-state index in [1.165, 1.54) is 5.56 Å². The highest BCUT2D eigenvalue weighted by Crippen LogP contribution is 2.29. The van der Waals surface area contributed by atoms with Gasteiger partial charge in [-0.05, 0) is 30.2 Å². The number of hydrogen-bond donors (Lipinski definition) is 2. The van der Waals surface area contributed by atoms with Crippen molar-refractivity contribution in [2.45, 2.75) is 12.5 Å². The van der Waals surface area contributed by atoms with Gasteiger partial charge in [0.05, 0.1) is 0 Å². The lowest BCUT2D eigenvalue weighted by Crippen LogP contribution is -2.45. The molecule has 0 spiro atoms. The Bertz CT molecular complexity index is 374. The summed E-state index contributed by atoms with van der Waals surface area (Å²) in [4.78, 5) is 2.45. The molecule has 2 rings (SSSR count). The predicted molar refractivity (Wildman–Crippen MR) is 80.7 cm³/mol. The highest BCUT2D eigenvalue weighted by atomic mass is 79.9. The minimum Gasteiger partial charge on any atom is -0.396 e. The molecule has 1 aromatic rings. The third kappa shape index (κ3) is 3.78. The van der Waals surface area contributed by atoms with Gasteiger partial charge >= 0.3 is 0 Å². The molecule has 100 valence electrons. The van der Waals surface area contributed by atoms with Crippen molar-refractivity contribution in [3.8, 4) is 0 Å². The molecule has 1 fully saturated rings. The van der Waals surface area contributed by atoms with Crippen LogP contribution in [0.3, 0.4) is 0 Å². The zero-order valence-corrected chi connectivity index (χ0v) is 13.4. The summed E-state index contributed by atoms with van der Waals surface area (Å²) in [5, 5.41) is 12.7. The van der Waals surface area contributed by atoms with Crippen LogP contribution in [0.15, 0.2) is 27.1 Å². The van der Waals surface area contributed by atoms with E-state index < -0.39 is 0 Å². The van der Waals surface area contributed by atoms with Gasteiger partial charge in [0, 0.05) is 47.8 Å². The van der Waals surface area contributed by atoms with Crippen LogP contribution in [-0.2, 0) is 0 Å². The molecule has 18 heavy (non-hydrogen) atoms. The van der Waals surface area contributed by atoms with E-state index in [-0.39, 0.29) is 6.61 Å². The molecule has 2 N–H and O–H groups in total. The van der Waals surface area contributed by atoms with Gasteiger partial charge in [0.15, 0.2) is 0 Å². The van der Waals surface area contributed by atoms with E-state index in [1.54, 1.807) is 0 Å². The van der Waals surface area contributed by atoms with Crippen molar-refractivity contribution in [2.24, 2.45) is 0 Å². The Morgan fingerprint density at radius 3 is 2.33 bits per heavy atom. The number of nitrogens with zero attached hydrogens (tertiary/aromatic N) is 1. The third-order valence-corrected chi connectivity index (χ3v) is 4.18. The average molecular weight is 378 g/mol. The molecule has 1 aromatic carbocycles. The summed E-state index contributed by atoms with van der Waals surface area (Å²) in [6.07, 6.45) is 0.781. The quantitative estimate of drug-likeness (QED) is 0.846. The number of aliphatic hydroxyl groups excluding tert-OH is 1. The molecule has 0 aromatic heterocycles. The molecule has 0 saturated carbocycles. The molecule has 1 aliphatic rings. The van der Waals surface area contributed by atoms with E-state index in [2.05, 4.69) is 54.2 Å². The number of hydrogen-bond acceptors (Lipinski definition) is 3. The van der Waals surface area contributed by atoms with Crippen LogP contribution in [0.25, 0.3) is 0 Å². The number of nitrogens with one attached hydrogen (secondary N) is 1. The summed E-state index contributed by atoms with van der Waals surface area (Å²) >= 11 is 7.07. The molecule has 0 aliphatic carbocycles. The second-order valence-electron chi connectivity index (χ2n) is 4.52. The topological polar surface area (TPSA) is 35.5 Å². The lowest BCUT2D eigenvalue weighted by molar-refractivity contribution is 0.141. The van der Waals surface area contributed by atoms with Crippen molar-refractivity contribution < 1.29 is 5.11 Å². The molecular formula is C13H18Br2N2O. The number of piperazine rings is 1. The summed E-state index contributed by atoms with van der Waals surface area (Å²) in [6.45, 7) is 4.34. The summed E-state index contributed by atoms with van der Waals surface area (Å²) in [5.41, 5.74) is 1.26. The first-order chi connectivity index (χ1) is 8.70. The molecule has 1 atom stereocenters. The van der Waals surface area contributed by atoms with Crippen LogP contribution in [-0.4, -0.2) is 42.8 Å². The van der Waals surface area contributed by atoms with Crippen LogP contribution in [0.2, 0.25) is 0 Å². The minimum atomic E-state index is 0.221. The summed E-state index contributed by atoms with van der Waals surface area (Å²) in [7, 11) is 0. The zero-order valence-electron chi connectivity index (χ0n) is 10.2. The van der Waals surface area contributed by atoms with Crippen molar-refractivity contribution in [2.75, 3.05) is 32.8 Å². The van der Waals surface area contributed by atoms with Crippen molar-refractivity contribution >= 4 is 31.9 Å². The lowest BCUT2D eigenvalue weighted by Gasteiger charge is -2.35. The first kappa shape index (κ1) is 14.5. The van der Waals surface area contributed by atoms with E-state index in [4.69, 9.17) is 0 Å².